The van der Waals surface area contributed by atoms with Crippen LogP contribution < -0.4 is 0 Å². The van der Waals surface area contributed by atoms with Gasteiger partial charge in [-0.15, -0.1) is 0 Å². The zero-order valence-electron chi connectivity index (χ0n) is 10.4. The molecule has 0 N–H and O–H groups in total. The highest BCUT2D eigenvalue weighted by Gasteiger charge is 2.07. The zero-order valence-corrected chi connectivity index (χ0v) is 10.4. The molecule has 0 radical (unpaired) electrons. The van der Waals surface area contributed by atoms with Gasteiger partial charge in [-0.05, 0) is 25.7 Å². The Labute approximate surface area is 108 Å². The summed E-state index contributed by atoms with van der Waals surface area (Å²) in [6, 6.07) is 8.38. The van der Waals surface area contributed by atoms with E-state index in [0.29, 0.717) is 51.4 Å². The number of hydrogen-bond acceptors (Lipinski definition) is 4. The van der Waals surface area contributed by atoms with Crippen molar-refractivity contribution in [2.75, 3.05) is 0 Å². The van der Waals surface area contributed by atoms with Crippen molar-refractivity contribution >= 4 is 0 Å². The molecule has 4 heteroatoms. The van der Waals surface area contributed by atoms with E-state index in [0.717, 1.165) is 11.1 Å². The minimum atomic E-state index is 0.420. The van der Waals surface area contributed by atoms with E-state index in [1.165, 1.54) is 0 Å². The fourth-order valence-corrected chi connectivity index (χ4v) is 1.78. The molecule has 0 aliphatic carbocycles. The molecule has 0 fully saturated rings. The van der Waals surface area contributed by atoms with E-state index < -0.39 is 0 Å². The monoisotopic (exact) mass is 240 g/mol. The maximum Gasteiger partial charge on any atom is 0.0625 e. The third-order valence-corrected chi connectivity index (χ3v) is 2.65. The number of nitrogens with zero attached hydrogens (tertiary/aromatic N) is 4. The summed E-state index contributed by atoms with van der Waals surface area (Å²) in [7, 11) is 0. The number of nitriles is 4. The molecule has 0 aliphatic heterocycles. The Hall–Kier alpha value is -2.30. The summed E-state index contributed by atoms with van der Waals surface area (Å²) < 4.78 is 0. The molecule has 4 nitrogen and oxygen atoms in total. The van der Waals surface area contributed by atoms with Crippen molar-refractivity contribution in [1.29, 1.82) is 21.0 Å². The standard InChI is InChI=1S/C14H16N4/c15-9-1-5-13(6-2-10-16)14(7-3-11-17)8-4-12-18/h1-8H2. The van der Waals surface area contributed by atoms with Crippen LogP contribution in [0.2, 0.25) is 0 Å². The van der Waals surface area contributed by atoms with Crippen LogP contribution in [0.5, 0.6) is 0 Å². The summed E-state index contributed by atoms with van der Waals surface area (Å²) >= 11 is 0. The smallest absolute Gasteiger partial charge is 0.0625 e. The van der Waals surface area contributed by atoms with Gasteiger partial charge in [-0.3, -0.25) is 0 Å². The van der Waals surface area contributed by atoms with Crippen LogP contribution >= 0.6 is 0 Å². The minimum absolute atomic E-state index is 0.420. The molecule has 0 bridgehead atoms. The van der Waals surface area contributed by atoms with Gasteiger partial charge in [0.25, 0.3) is 0 Å². The molecule has 0 atom stereocenters. The highest BCUT2D eigenvalue weighted by molar-refractivity contribution is 5.17. The van der Waals surface area contributed by atoms with Gasteiger partial charge < -0.3 is 0 Å². The third kappa shape index (κ3) is 7.05. The highest BCUT2D eigenvalue weighted by atomic mass is 14.3. The van der Waals surface area contributed by atoms with Crippen molar-refractivity contribution in [2.24, 2.45) is 0 Å². The normalized spacial score (nSPS) is 8.44. The Bertz CT molecular complexity index is 352. The summed E-state index contributed by atoms with van der Waals surface area (Å²) in [6.45, 7) is 0. The van der Waals surface area contributed by atoms with Crippen molar-refractivity contribution in [3.05, 3.63) is 11.1 Å². The molecule has 0 aliphatic rings. The van der Waals surface area contributed by atoms with E-state index in [9.17, 15) is 0 Å². The maximum absolute atomic E-state index is 8.63. The lowest BCUT2D eigenvalue weighted by Gasteiger charge is -2.11. The van der Waals surface area contributed by atoms with Crippen molar-refractivity contribution < 1.29 is 0 Å². The first kappa shape index (κ1) is 15.7. The fourth-order valence-electron chi connectivity index (χ4n) is 1.78. The first-order valence-corrected chi connectivity index (χ1v) is 5.97. The van der Waals surface area contributed by atoms with Crippen molar-refractivity contribution in [3.63, 3.8) is 0 Å². The molecule has 0 rings (SSSR count). The summed E-state index contributed by atoms with van der Waals surface area (Å²) in [5, 5.41) is 34.5. The van der Waals surface area contributed by atoms with E-state index in [4.69, 9.17) is 21.0 Å². The van der Waals surface area contributed by atoms with Gasteiger partial charge in [0.2, 0.25) is 0 Å². The average molecular weight is 240 g/mol. The van der Waals surface area contributed by atoms with Gasteiger partial charge in [0, 0.05) is 25.7 Å². The van der Waals surface area contributed by atoms with Crippen molar-refractivity contribution in [1.82, 2.24) is 0 Å². The van der Waals surface area contributed by atoms with Crippen LogP contribution in [0.4, 0.5) is 0 Å². The SMILES string of the molecule is N#CCCC(CCC#N)=C(CCC#N)CCC#N. The van der Waals surface area contributed by atoms with Gasteiger partial charge in [0.05, 0.1) is 24.3 Å². The number of rotatable bonds is 8. The predicted molar refractivity (Wildman–Crippen MR) is 66.4 cm³/mol. The summed E-state index contributed by atoms with van der Waals surface area (Å²) in [4.78, 5) is 0. The molecular formula is C14H16N4. The Morgan fingerprint density at radius 3 is 0.889 bits per heavy atom. The molecule has 18 heavy (non-hydrogen) atoms. The Balaban J connectivity index is 4.86. The van der Waals surface area contributed by atoms with Crippen LogP contribution in [0.25, 0.3) is 0 Å². The fraction of sp³-hybridized carbons (Fsp3) is 0.571. The van der Waals surface area contributed by atoms with E-state index in [1.807, 2.05) is 0 Å². The van der Waals surface area contributed by atoms with Crippen LogP contribution in [0, 0.1) is 45.3 Å². The number of allylic oxidation sites excluding steroid dienone is 2. The predicted octanol–water partition coefficient (Wildman–Crippen LogP) is 3.50. The molecular weight excluding hydrogens is 224 g/mol. The van der Waals surface area contributed by atoms with Crippen molar-refractivity contribution in [3.8, 4) is 24.3 Å². The van der Waals surface area contributed by atoms with Crippen LogP contribution in [0.1, 0.15) is 51.4 Å². The minimum Gasteiger partial charge on any atom is -0.198 e. The number of hydrogen-bond donors (Lipinski definition) is 0. The lowest BCUT2D eigenvalue weighted by atomic mass is 9.93. The molecule has 0 aromatic rings. The second-order valence-electron chi connectivity index (χ2n) is 3.84. The second kappa shape index (κ2) is 11.2. The molecule has 92 valence electrons. The van der Waals surface area contributed by atoms with Gasteiger partial charge in [-0.25, -0.2) is 0 Å². The Morgan fingerprint density at radius 1 is 0.500 bits per heavy atom. The van der Waals surface area contributed by atoms with Gasteiger partial charge in [0.1, 0.15) is 0 Å². The van der Waals surface area contributed by atoms with E-state index in [-0.39, 0.29) is 0 Å². The second-order valence-corrected chi connectivity index (χ2v) is 3.84. The van der Waals surface area contributed by atoms with Crippen LogP contribution in [0.3, 0.4) is 0 Å². The molecule has 0 unspecified atom stereocenters. The van der Waals surface area contributed by atoms with Gasteiger partial charge in [-0.1, -0.05) is 11.1 Å². The highest BCUT2D eigenvalue weighted by Crippen LogP contribution is 2.24. The Kier molecular flexibility index (Phi) is 9.76. The van der Waals surface area contributed by atoms with Crippen molar-refractivity contribution in [2.45, 2.75) is 51.4 Å². The van der Waals surface area contributed by atoms with E-state index in [2.05, 4.69) is 24.3 Å². The average Bonchev–Trinajstić information content (AvgIpc) is 2.40. The summed E-state index contributed by atoms with van der Waals surface area (Å²) in [6.07, 6.45) is 4.25. The molecule has 0 heterocycles. The van der Waals surface area contributed by atoms with Gasteiger partial charge >= 0.3 is 0 Å². The molecule has 0 saturated carbocycles. The quantitative estimate of drug-likeness (QED) is 0.606. The first-order chi connectivity index (χ1) is 8.79. The molecule has 0 aromatic heterocycles. The molecule has 0 saturated heterocycles. The zero-order chi connectivity index (χ0) is 13.6. The Morgan fingerprint density at radius 2 is 0.722 bits per heavy atom. The maximum atomic E-state index is 8.63. The van der Waals surface area contributed by atoms with E-state index in [1.54, 1.807) is 0 Å². The molecule has 0 aromatic carbocycles. The van der Waals surface area contributed by atoms with Crippen LogP contribution in [-0.4, -0.2) is 0 Å². The lowest BCUT2D eigenvalue weighted by Crippen LogP contribution is -1.94. The van der Waals surface area contributed by atoms with E-state index >= 15 is 0 Å². The largest absolute Gasteiger partial charge is 0.198 e. The van der Waals surface area contributed by atoms with Gasteiger partial charge in [0.15, 0.2) is 0 Å². The summed E-state index contributed by atoms with van der Waals surface area (Å²) in [5.74, 6) is 0. The van der Waals surface area contributed by atoms with Crippen LogP contribution in [0.15, 0.2) is 11.1 Å². The first-order valence-electron chi connectivity index (χ1n) is 5.97. The lowest BCUT2D eigenvalue weighted by molar-refractivity contribution is 0.781. The summed E-state index contributed by atoms with van der Waals surface area (Å²) in [5.41, 5.74) is 2.17. The molecule has 0 amide bonds. The van der Waals surface area contributed by atoms with Crippen LogP contribution in [-0.2, 0) is 0 Å². The topological polar surface area (TPSA) is 95.2 Å². The third-order valence-electron chi connectivity index (χ3n) is 2.65. The van der Waals surface area contributed by atoms with Gasteiger partial charge in [-0.2, -0.15) is 21.0 Å². The molecule has 0 spiro atoms.